The summed E-state index contributed by atoms with van der Waals surface area (Å²) in [5.74, 6) is 4.91. The summed E-state index contributed by atoms with van der Waals surface area (Å²) in [7, 11) is 0. The Morgan fingerprint density at radius 1 is 1.65 bits per heavy atom. The zero-order chi connectivity index (χ0) is 12.4. The number of hydrogen-bond donors (Lipinski definition) is 3. The average molecular weight is 243 g/mol. The van der Waals surface area contributed by atoms with Crippen molar-refractivity contribution < 1.29 is 14.7 Å². The maximum absolute atomic E-state index is 11.5. The third-order valence-electron chi connectivity index (χ3n) is 2.57. The van der Waals surface area contributed by atoms with Crippen LogP contribution in [0.25, 0.3) is 0 Å². The molecule has 1 unspecified atom stereocenters. The van der Waals surface area contributed by atoms with E-state index in [-0.39, 0.29) is 12.7 Å². The fourth-order valence-electron chi connectivity index (χ4n) is 1.82. The summed E-state index contributed by atoms with van der Waals surface area (Å²) in [6.45, 7) is 0.131. The van der Waals surface area contributed by atoms with Crippen LogP contribution in [0.15, 0.2) is 21.9 Å². The summed E-state index contributed by atoms with van der Waals surface area (Å²) in [6, 6.07) is 1.18. The van der Waals surface area contributed by atoms with Crippen LogP contribution < -0.4 is 17.1 Å². The quantitative estimate of drug-likeness (QED) is 0.532. The first-order chi connectivity index (χ1) is 8.11. The number of nitrogens with two attached hydrogens (primary N) is 1. The summed E-state index contributed by atoms with van der Waals surface area (Å²) in [4.78, 5) is 28.9. The first-order valence-electron chi connectivity index (χ1n) is 5.08. The van der Waals surface area contributed by atoms with Crippen molar-refractivity contribution in [3.63, 3.8) is 0 Å². The van der Waals surface area contributed by atoms with Gasteiger partial charge in [0.15, 0.2) is 6.23 Å². The van der Waals surface area contributed by atoms with E-state index in [9.17, 15) is 14.7 Å². The van der Waals surface area contributed by atoms with Gasteiger partial charge in [0.25, 0.3) is 5.56 Å². The molecule has 1 aliphatic rings. The van der Waals surface area contributed by atoms with Crippen LogP contribution in [-0.4, -0.2) is 33.5 Å². The monoisotopic (exact) mass is 243 g/mol. The van der Waals surface area contributed by atoms with Gasteiger partial charge >= 0.3 is 5.69 Å². The maximum atomic E-state index is 11.5. The van der Waals surface area contributed by atoms with Gasteiger partial charge in [-0.1, -0.05) is 0 Å². The number of rotatable bonds is 3. The molecule has 1 aromatic rings. The van der Waals surface area contributed by atoms with Crippen molar-refractivity contribution in [3.05, 3.63) is 33.1 Å². The SMILES string of the molecule is NOC[C@H]1CC(O)[C@@H](n2ccc(=O)[nH]c2=O)O1. The Balaban J connectivity index is 2.23. The molecular weight excluding hydrogens is 230 g/mol. The van der Waals surface area contributed by atoms with Gasteiger partial charge < -0.3 is 14.7 Å². The Labute approximate surface area is 95.5 Å². The predicted octanol–water partition coefficient (Wildman–Crippen LogP) is -1.92. The molecule has 2 heterocycles. The zero-order valence-electron chi connectivity index (χ0n) is 8.91. The van der Waals surface area contributed by atoms with Crippen LogP contribution in [0.4, 0.5) is 0 Å². The Morgan fingerprint density at radius 2 is 2.41 bits per heavy atom. The molecule has 1 aliphatic heterocycles. The number of aliphatic hydroxyl groups excluding tert-OH is 1. The van der Waals surface area contributed by atoms with Crippen molar-refractivity contribution in [2.45, 2.75) is 24.9 Å². The number of hydrogen-bond acceptors (Lipinski definition) is 6. The second-order valence-corrected chi connectivity index (χ2v) is 3.80. The minimum Gasteiger partial charge on any atom is -0.388 e. The van der Waals surface area contributed by atoms with Crippen molar-refractivity contribution in [1.29, 1.82) is 0 Å². The third-order valence-corrected chi connectivity index (χ3v) is 2.57. The molecule has 0 aliphatic carbocycles. The Bertz CT molecular complexity index is 496. The summed E-state index contributed by atoms with van der Waals surface area (Å²) >= 11 is 0. The zero-order valence-corrected chi connectivity index (χ0v) is 8.91. The normalized spacial score (nSPS) is 28.5. The first kappa shape index (κ1) is 12.0. The van der Waals surface area contributed by atoms with Gasteiger partial charge in [-0.25, -0.2) is 10.7 Å². The highest BCUT2D eigenvalue weighted by Crippen LogP contribution is 2.27. The van der Waals surface area contributed by atoms with Crippen LogP contribution in [0.2, 0.25) is 0 Å². The van der Waals surface area contributed by atoms with Gasteiger partial charge in [0.05, 0.1) is 12.7 Å². The first-order valence-corrected chi connectivity index (χ1v) is 5.08. The summed E-state index contributed by atoms with van der Waals surface area (Å²) in [5, 5.41) is 9.76. The molecule has 0 spiro atoms. The molecular formula is C9H13N3O5. The van der Waals surface area contributed by atoms with E-state index in [2.05, 4.69) is 9.82 Å². The topological polar surface area (TPSA) is 120 Å². The van der Waals surface area contributed by atoms with E-state index in [1.807, 2.05) is 0 Å². The number of nitrogens with zero attached hydrogens (tertiary/aromatic N) is 1. The van der Waals surface area contributed by atoms with E-state index in [4.69, 9.17) is 10.6 Å². The van der Waals surface area contributed by atoms with Gasteiger partial charge in [-0.3, -0.25) is 14.3 Å². The second kappa shape index (κ2) is 4.80. The van der Waals surface area contributed by atoms with Gasteiger partial charge in [-0.05, 0) is 0 Å². The molecule has 0 aromatic carbocycles. The van der Waals surface area contributed by atoms with E-state index >= 15 is 0 Å². The summed E-state index contributed by atoms with van der Waals surface area (Å²) in [5.41, 5.74) is -1.13. The molecule has 1 aromatic heterocycles. The minimum absolute atomic E-state index is 0.131. The number of ether oxygens (including phenoxy) is 1. The lowest BCUT2D eigenvalue weighted by Gasteiger charge is -2.16. The van der Waals surface area contributed by atoms with Crippen molar-refractivity contribution in [3.8, 4) is 0 Å². The van der Waals surface area contributed by atoms with Crippen LogP contribution >= 0.6 is 0 Å². The van der Waals surface area contributed by atoms with E-state index in [0.717, 1.165) is 4.57 Å². The van der Waals surface area contributed by atoms with Crippen molar-refractivity contribution >= 4 is 0 Å². The molecule has 94 valence electrons. The fourth-order valence-corrected chi connectivity index (χ4v) is 1.82. The number of nitrogens with one attached hydrogen (secondary N) is 1. The highest BCUT2D eigenvalue weighted by atomic mass is 16.6. The molecule has 1 fully saturated rings. The Morgan fingerprint density at radius 3 is 3.06 bits per heavy atom. The molecule has 2 rings (SSSR count). The highest BCUT2D eigenvalue weighted by Gasteiger charge is 2.35. The van der Waals surface area contributed by atoms with E-state index in [1.165, 1.54) is 12.3 Å². The molecule has 0 radical (unpaired) electrons. The van der Waals surface area contributed by atoms with Gasteiger partial charge in [0.1, 0.15) is 6.10 Å². The van der Waals surface area contributed by atoms with E-state index in [0.29, 0.717) is 6.42 Å². The lowest BCUT2D eigenvalue weighted by molar-refractivity contribution is -0.0642. The summed E-state index contributed by atoms with van der Waals surface area (Å²) in [6.07, 6.45) is -0.467. The van der Waals surface area contributed by atoms with Crippen LogP contribution in [0.1, 0.15) is 12.6 Å². The molecule has 0 bridgehead atoms. The van der Waals surface area contributed by atoms with Gasteiger partial charge in [-0.2, -0.15) is 0 Å². The standard InChI is InChI=1S/C9H13N3O5/c10-16-4-5-3-6(13)8(17-5)12-2-1-7(14)11-9(12)15/h1-2,5-6,8,13H,3-4,10H2,(H,11,14,15)/t5-,6?,8+/m1/s1. The van der Waals surface area contributed by atoms with E-state index in [1.54, 1.807) is 0 Å². The predicted molar refractivity (Wildman–Crippen MR) is 56.0 cm³/mol. The third kappa shape index (κ3) is 2.44. The maximum Gasteiger partial charge on any atom is 0.330 e. The lowest BCUT2D eigenvalue weighted by Crippen LogP contribution is -2.35. The fraction of sp³-hybridized carbons (Fsp3) is 0.556. The lowest BCUT2D eigenvalue weighted by atomic mass is 10.2. The van der Waals surface area contributed by atoms with Crippen LogP contribution in [0.5, 0.6) is 0 Å². The molecule has 8 heteroatoms. The molecule has 0 amide bonds. The highest BCUT2D eigenvalue weighted by molar-refractivity contribution is 4.88. The molecule has 3 atom stereocenters. The van der Waals surface area contributed by atoms with Crippen LogP contribution in [-0.2, 0) is 9.57 Å². The molecule has 0 saturated carbocycles. The second-order valence-electron chi connectivity index (χ2n) is 3.80. The summed E-state index contributed by atoms with van der Waals surface area (Å²) < 4.78 is 6.53. The van der Waals surface area contributed by atoms with Crippen LogP contribution in [0.3, 0.4) is 0 Å². The Hall–Kier alpha value is -1.48. The number of aromatic amines is 1. The van der Waals surface area contributed by atoms with Gasteiger partial charge in [-0.15, -0.1) is 0 Å². The van der Waals surface area contributed by atoms with Gasteiger partial charge in [0, 0.05) is 18.7 Å². The minimum atomic E-state index is -0.848. The average Bonchev–Trinajstić information content (AvgIpc) is 2.60. The number of H-pyrrole nitrogens is 1. The Kier molecular flexibility index (Phi) is 3.38. The largest absolute Gasteiger partial charge is 0.388 e. The molecule has 1 saturated heterocycles. The molecule has 8 nitrogen and oxygen atoms in total. The van der Waals surface area contributed by atoms with Crippen LogP contribution in [0, 0.1) is 0 Å². The number of aliphatic hydroxyl groups is 1. The molecule has 17 heavy (non-hydrogen) atoms. The van der Waals surface area contributed by atoms with Gasteiger partial charge in [0.2, 0.25) is 0 Å². The van der Waals surface area contributed by atoms with Crippen molar-refractivity contribution in [2.24, 2.45) is 5.90 Å². The smallest absolute Gasteiger partial charge is 0.330 e. The molecule has 4 N–H and O–H groups in total. The van der Waals surface area contributed by atoms with Crippen molar-refractivity contribution in [2.75, 3.05) is 6.61 Å². The van der Waals surface area contributed by atoms with E-state index < -0.39 is 23.6 Å². The van der Waals surface area contributed by atoms with Crippen molar-refractivity contribution in [1.82, 2.24) is 9.55 Å². The number of aromatic nitrogens is 2.